The van der Waals surface area contributed by atoms with Crippen molar-refractivity contribution in [1.82, 2.24) is 15.1 Å². The molecule has 0 atom stereocenters. The van der Waals surface area contributed by atoms with Gasteiger partial charge in [-0.1, -0.05) is 30.3 Å². The van der Waals surface area contributed by atoms with Crippen molar-refractivity contribution >= 4 is 21.6 Å². The van der Waals surface area contributed by atoms with Crippen LogP contribution in [0.4, 0.5) is 5.69 Å². The summed E-state index contributed by atoms with van der Waals surface area (Å²) in [7, 11) is -3.73. The highest BCUT2D eigenvalue weighted by Crippen LogP contribution is 2.27. The number of nitrogens with zero attached hydrogens (tertiary/aromatic N) is 2. The Kier molecular flexibility index (Phi) is 5.87. The molecule has 1 fully saturated rings. The van der Waals surface area contributed by atoms with E-state index in [1.165, 1.54) is 21.5 Å². The zero-order chi connectivity index (χ0) is 21.1. The molecule has 158 valence electrons. The molecule has 0 radical (unpaired) electrons. The first-order valence-corrected chi connectivity index (χ1v) is 11.2. The minimum Gasteiger partial charge on any atom is -0.369 e. The zero-order valence-electron chi connectivity index (χ0n) is 16.4. The molecule has 8 nitrogen and oxygen atoms in total. The summed E-state index contributed by atoms with van der Waals surface area (Å²) in [6.45, 7) is 3.97. The Balaban J connectivity index is 1.47. The third-order valence-corrected chi connectivity index (χ3v) is 7.28. The van der Waals surface area contributed by atoms with E-state index < -0.39 is 15.9 Å². The third-order valence-electron chi connectivity index (χ3n) is 5.46. The second kappa shape index (κ2) is 8.57. The van der Waals surface area contributed by atoms with Gasteiger partial charge in [-0.05, 0) is 35.4 Å². The predicted octanol–water partition coefficient (Wildman–Crippen LogP) is 1.20. The molecular weight excluding hydrogens is 404 g/mol. The minimum absolute atomic E-state index is 0.0655. The van der Waals surface area contributed by atoms with Gasteiger partial charge in [0.25, 0.3) is 5.91 Å². The first kappa shape index (κ1) is 20.5. The van der Waals surface area contributed by atoms with Crippen LogP contribution in [0.3, 0.4) is 0 Å². The summed E-state index contributed by atoms with van der Waals surface area (Å²) in [5.74, 6) is -0.688. The number of nitrogens with one attached hydrogen (secondary N) is 2. The number of piperazine rings is 1. The maximum absolute atomic E-state index is 12.8. The van der Waals surface area contributed by atoms with Crippen LogP contribution >= 0.6 is 0 Å². The monoisotopic (exact) mass is 428 g/mol. The quantitative estimate of drug-likeness (QED) is 0.489. The first-order valence-electron chi connectivity index (χ1n) is 9.79. The van der Waals surface area contributed by atoms with Crippen molar-refractivity contribution in [2.75, 3.05) is 44.2 Å². The van der Waals surface area contributed by atoms with Gasteiger partial charge in [0.2, 0.25) is 10.0 Å². The van der Waals surface area contributed by atoms with E-state index in [0.717, 1.165) is 37.3 Å². The summed E-state index contributed by atoms with van der Waals surface area (Å²) in [5, 5.41) is 12.1. The third kappa shape index (κ3) is 4.10. The lowest BCUT2D eigenvalue weighted by atomic mass is 10.1. The van der Waals surface area contributed by atoms with E-state index in [-0.39, 0.29) is 23.6 Å². The number of benzene rings is 2. The molecule has 2 aliphatic rings. The Morgan fingerprint density at radius 2 is 1.57 bits per heavy atom. The van der Waals surface area contributed by atoms with E-state index >= 15 is 0 Å². The van der Waals surface area contributed by atoms with Crippen molar-refractivity contribution in [3.63, 3.8) is 0 Å². The van der Waals surface area contributed by atoms with E-state index in [1.807, 2.05) is 12.1 Å². The van der Waals surface area contributed by atoms with Gasteiger partial charge in [0, 0.05) is 50.5 Å². The van der Waals surface area contributed by atoms with Crippen molar-refractivity contribution in [2.45, 2.75) is 4.90 Å². The number of carbonyl (C=O) groups is 1. The summed E-state index contributed by atoms with van der Waals surface area (Å²) in [5.41, 5.74) is 4.89. The van der Waals surface area contributed by atoms with Gasteiger partial charge in [-0.15, -0.1) is 0 Å². The van der Waals surface area contributed by atoms with Crippen LogP contribution in [0.25, 0.3) is 11.1 Å². The molecule has 0 aliphatic carbocycles. The SMILES string of the molecule is O=C(NO)C1=CCN(S(=O)(=O)c2ccc(-c3ccc(N4CCNCC4)cc3)cc2)C1. The lowest BCUT2D eigenvalue weighted by Gasteiger charge is -2.29. The minimum atomic E-state index is -3.73. The Hall–Kier alpha value is -2.72. The van der Waals surface area contributed by atoms with Gasteiger partial charge in [0.1, 0.15) is 0 Å². The van der Waals surface area contributed by atoms with E-state index in [9.17, 15) is 13.2 Å². The zero-order valence-corrected chi connectivity index (χ0v) is 17.2. The van der Waals surface area contributed by atoms with Gasteiger partial charge >= 0.3 is 0 Å². The summed E-state index contributed by atoms with van der Waals surface area (Å²) in [6.07, 6.45) is 1.50. The van der Waals surface area contributed by atoms with E-state index in [4.69, 9.17) is 5.21 Å². The standard InChI is InChI=1S/C21H24N4O4S/c26-21(23-27)18-9-12-25(15-18)30(28,29)20-7-3-17(4-8-20)16-1-5-19(6-2-16)24-13-10-22-11-14-24/h1-9,22,27H,10-15H2,(H,23,26). The molecule has 0 aromatic heterocycles. The molecule has 4 rings (SSSR count). The van der Waals surface area contributed by atoms with Crippen LogP contribution < -0.4 is 15.7 Å². The molecule has 2 heterocycles. The summed E-state index contributed by atoms with van der Waals surface area (Å²) >= 11 is 0. The fourth-order valence-electron chi connectivity index (χ4n) is 3.71. The summed E-state index contributed by atoms with van der Waals surface area (Å²) < 4.78 is 26.9. The molecule has 0 bridgehead atoms. The molecule has 0 spiro atoms. The Morgan fingerprint density at radius 3 is 2.17 bits per heavy atom. The van der Waals surface area contributed by atoms with Gasteiger partial charge in [0.05, 0.1) is 4.90 Å². The number of sulfonamides is 1. The molecule has 0 saturated carbocycles. The maximum atomic E-state index is 12.8. The Labute approximate surface area is 175 Å². The molecule has 3 N–H and O–H groups in total. The van der Waals surface area contributed by atoms with Gasteiger partial charge in [-0.3, -0.25) is 10.0 Å². The van der Waals surface area contributed by atoms with Gasteiger partial charge in [-0.2, -0.15) is 4.31 Å². The Morgan fingerprint density at radius 1 is 0.967 bits per heavy atom. The highest BCUT2D eigenvalue weighted by molar-refractivity contribution is 7.89. The van der Waals surface area contributed by atoms with Crippen LogP contribution in [-0.2, 0) is 14.8 Å². The first-order chi connectivity index (χ1) is 14.5. The van der Waals surface area contributed by atoms with Crippen LogP contribution in [0.15, 0.2) is 65.1 Å². The second-order valence-corrected chi connectivity index (χ2v) is 9.21. The average molecular weight is 429 g/mol. The van der Waals surface area contributed by atoms with Gasteiger partial charge < -0.3 is 10.2 Å². The van der Waals surface area contributed by atoms with Gasteiger partial charge in [-0.25, -0.2) is 13.9 Å². The van der Waals surface area contributed by atoms with Crippen molar-refractivity contribution in [3.05, 3.63) is 60.2 Å². The smallest absolute Gasteiger partial charge is 0.271 e. The average Bonchev–Trinajstić information content (AvgIpc) is 3.31. The van der Waals surface area contributed by atoms with Crippen LogP contribution in [-0.4, -0.2) is 63.1 Å². The molecule has 2 aromatic carbocycles. The lowest BCUT2D eigenvalue weighted by molar-refractivity contribution is -0.125. The predicted molar refractivity (Wildman–Crippen MR) is 114 cm³/mol. The molecule has 30 heavy (non-hydrogen) atoms. The summed E-state index contributed by atoms with van der Waals surface area (Å²) in [6, 6.07) is 15.0. The van der Waals surface area contributed by atoms with E-state index in [2.05, 4.69) is 22.3 Å². The Bertz CT molecular complexity index is 1040. The largest absolute Gasteiger partial charge is 0.369 e. The molecule has 1 amide bonds. The normalized spacial score (nSPS) is 17.6. The second-order valence-electron chi connectivity index (χ2n) is 7.28. The van der Waals surface area contributed by atoms with Crippen LogP contribution in [0.5, 0.6) is 0 Å². The number of amides is 1. The van der Waals surface area contributed by atoms with Crippen molar-refractivity contribution in [3.8, 4) is 11.1 Å². The molecule has 9 heteroatoms. The maximum Gasteiger partial charge on any atom is 0.271 e. The molecule has 0 unspecified atom stereocenters. The summed E-state index contributed by atoms with van der Waals surface area (Å²) in [4.78, 5) is 14.0. The van der Waals surface area contributed by atoms with Crippen LogP contribution in [0.2, 0.25) is 0 Å². The lowest BCUT2D eigenvalue weighted by Crippen LogP contribution is -2.43. The highest BCUT2D eigenvalue weighted by atomic mass is 32.2. The topological polar surface area (TPSA) is 102 Å². The van der Waals surface area contributed by atoms with Crippen LogP contribution in [0.1, 0.15) is 0 Å². The fourth-order valence-corrected chi connectivity index (χ4v) is 5.06. The molecule has 2 aliphatic heterocycles. The molecule has 1 saturated heterocycles. The fraction of sp³-hybridized carbons (Fsp3) is 0.286. The van der Waals surface area contributed by atoms with Gasteiger partial charge in [0.15, 0.2) is 0 Å². The van der Waals surface area contributed by atoms with E-state index in [0.29, 0.717) is 0 Å². The molecule has 2 aromatic rings. The number of carbonyl (C=O) groups excluding carboxylic acids is 1. The number of hydroxylamine groups is 1. The number of hydrogen-bond acceptors (Lipinski definition) is 6. The van der Waals surface area contributed by atoms with Crippen molar-refractivity contribution in [2.24, 2.45) is 0 Å². The molecular formula is C21H24N4O4S. The van der Waals surface area contributed by atoms with E-state index in [1.54, 1.807) is 24.3 Å². The highest BCUT2D eigenvalue weighted by Gasteiger charge is 2.30. The number of rotatable bonds is 5. The van der Waals surface area contributed by atoms with Crippen molar-refractivity contribution < 1.29 is 18.4 Å². The number of hydrogen-bond donors (Lipinski definition) is 3. The van der Waals surface area contributed by atoms with Crippen LogP contribution in [0, 0.1) is 0 Å². The number of anilines is 1. The van der Waals surface area contributed by atoms with Crippen molar-refractivity contribution in [1.29, 1.82) is 0 Å².